The monoisotopic (exact) mass is 228 g/mol. The normalized spacial score (nSPS) is 10.9. The lowest BCUT2D eigenvalue weighted by molar-refractivity contribution is 0.459. The Kier molecular flexibility index (Phi) is 2.08. The first-order chi connectivity index (χ1) is 8.24. The van der Waals surface area contributed by atoms with Gasteiger partial charge in [0.2, 0.25) is 0 Å². The van der Waals surface area contributed by atoms with Crippen molar-refractivity contribution in [2.75, 3.05) is 5.73 Å². The summed E-state index contributed by atoms with van der Waals surface area (Å²) in [5.74, 6) is -0.314. The molecule has 17 heavy (non-hydrogen) atoms. The number of benzene rings is 2. The molecule has 1 aromatic heterocycles. The molecule has 0 fully saturated rings. The second-order valence-electron chi connectivity index (χ2n) is 3.80. The third kappa shape index (κ3) is 1.63. The molecule has 0 saturated carbocycles. The fraction of sp³-hybridized carbons (Fsp3) is 0. The van der Waals surface area contributed by atoms with Crippen LogP contribution in [0.3, 0.4) is 0 Å². The van der Waals surface area contributed by atoms with Crippen molar-refractivity contribution in [3.8, 4) is 11.3 Å². The van der Waals surface area contributed by atoms with Gasteiger partial charge in [-0.25, -0.2) is 4.39 Å². The number of nitrogens with zero attached hydrogens (tertiary/aromatic N) is 1. The third-order valence-electron chi connectivity index (χ3n) is 2.59. The molecular formula is C13H9FN2O. The first-order valence-corrected chi connectivity index (χ1v) is 5.15. The molecular weight excluding hydrogens is 219 g/mol. The lowest BCUT2D eigenvalue weighted by Crippen LogP contribution is -1.85. The van der Waals surface area contributed by atoms with Crippen LogP contribution >= 0.6 is 0 Å². The van der Waals surface area contributed by atoms with E-state index in [0.29, 0.717) is 22.4 Å². The zero-order valence-corrected chi connectivity index (χ0v) is 8.85. The van der Waals surface area contributed by atoms with Gasteiger partial charge in [0.15, 0.2) is 5.58 Å². The van der Waals surface area contributed by atoms with Crippen LogP contribution in [0.25, 0.3) is 22.2 Å². The first kappa shape index (κ1) is 9.84. The van der Waals surface area contributed by atoms with Crippen LogP contribution in [0.2, 0.25) is 0 Å². The molecule has 0 saturated heterocycles. The summed E-state index contributed by atoms with van der Waals surface area (Å²) in [5, 5.41) is 4.60. The summed E-state index contributed by atoms with van der Waals surface area (Å²) in [6.45, 7) is 0. The standard InChI is InChI=1S/C13H9FN2O/c14-9-4-5-12-11(7-9)13(16-17-12)8-2-1-3-10(15)6-8/h1-7H,15H2. The minimum absolute atomic E-state index is 0.314. The van der Waals surface area contributed by atoms with Crippen molar-refractivity contribution in [1.29, 1.82) is 0 Å². The third-order valence-corrected chi connectivity index (χ3v) is 2.59. The van der Waals surface area contributed by atoms with Gasteiger partial charge in [0.1, 0.15) is 11.5 Å². The number of hydrogen-bond acceptors (Lipinski definition) is 3. The van der Waals surface area contributed by atoms with Gasteiger partial charge in [-0.3, -0.25) is 0 Å². The summed E-state index contributed by atoms with van der Waals surface area (Å²) in [5.41, 5.74) is 8.32. The van der Waals surface area contributed by atoms with Crippen LogP contribution < -0.4 is 5.73 Å². The number of anilines is 1. The molecule has 3 aromatic rings. The van der Waals surface area contributed by atoms with Crippen molar-refractivity contribution in [1.82, 2.24) is 5.16 Å². The van der Waals surface area contributed by atoms with Gasteiger partial charge >= 0.3 is 0 Å². The van der Waals surface area contributed by atoms with Gasteiger partial charge in [0.05, 0.1) is 5.39 Å². The van der Waals surface area contributed by atoms with E-state index in [1.165, 1.54) is 12.1 Å². The van der Waals surface area contributed by atoms with E-state index in [1.807, 2.05) is 12.1 Å². The van der Waals surface area contributed by atoms with Crippen molar-refractivity contribution in [2.24, 2.45) is 0 Å². The molecule has 0 unspecified atom stereocenters. The average molecular weight is 228 g/mol. The van der Waals surface area contributed by atoms with Crippen LogP contribution in [0.4, 0.5) is 10.1 Å². The van der Waals surface area contributed by atoms with E-state index in [4.69, 9.17) is 10.3 Å². The highest BCUT2D eigenvalue weighted by Crippen LogP contribution is 2.29. The highest BCUT2D eigenvalue weighted by atomic mass is 19.1. The Morgan fingerprint density at radius 1 is 1.12 bits per heavy atom. The smallest absolute Gasteiger partial charge is 0.167 e. The maximum atomic E-state index is 13.2. The zero-order valence-electron chi connectivity index (χ0n) is 8.85. The molecule has 84 valence electrons. The van der Waals surface area contributed by atoms with E-state index in [-0.39, 0.29) is 5.82 Å². The fourth-order valence-corrected chi connectivity index (χ4v) is 1.81. The van der Waals surface area contributed by atoms with Crippen molar-refractivity contribution in [3.05, 3.63) is 48.3 Å². The minimum atomic E-state index is -0.314. The average Bonchev–Trinajstić information content (AvgIpc) is 2.71. The number of halogens is 1. The number of rotatable bonds is 1. The second kappa shape index (κ2) is 3.59. The number of fused-ring (bicyclic) bond motifs is 1. The Morgan fingerprint density at radius 2 is 2.00 bits per heavy atom. The topological polar surface area (TPSA) is 52.0 Å². The van der Waals surface area contributed by atoms with Gasteiger partial charge in [-0.2, -0.15) is 0 Å². The Balaban J connectivity index is 2.27. The minimum Gasteiger partial charge on any atom is -0.399 e. The van der Waals surface area contributed by atoms with Gasteiger partial charge in [-0.15, -0.1) is 0 Å². The summed E-state index contributed by atoms with van der Waals surface area (Å²) in [7, 11) is 0. The summed E-state index contributed by atoms with van der Waals surface area (Å²) in [6, 6.07) is 11.6. The van der Waals surface area contributed by atoms with Crippen molar-refractivity contribution in [2.45, 2.75) is 0 Å². The Hall–Kier alpha value is -2.36. The highest BCUT2D eigenvalue weighted by Gasteiger charge is 2.11. The summed E-state index contributed by atoms with van der Waals surface area (Å²) in [4.78, 5) is 0. The first-order valence-electron chi connectivity index (χ1n) is 5.15. The van der Waals surface area contributed by atoms with Crippen LogP contribution in [0.15, 0.2) is 47.0 Å². The summed E-state index contributed by atoms with van der Waals surface area (Å²) >= 11 is 0. The van der Waals surface area contributed by atoms with E-state index in [0.717, 1.165) is 5.56 Å². The number of hydrogen-bond donors (Lipinski definition) is 1. The molecule has 3 rings (SSSR count). The lowest BCUT2D eigenvalue weighted by atomic mass is 10.1. The lowest BCUT2D eigenvalue weighted by Gasteiger charge is -1.98. The van der Waals surface area contributed by atoms with Gasteiger partial charge < -0.3 is 10.3 Å². The van der Waals surface area contributed by atoms with Crippen molar-refractivity contribution in [3.63, 3.8) is 0 Å². The molecule has 0 radical (unpaired) electrons. The molecule has 0 aliphatic carbocycles. The molecule has 0 aliphatic rings. The van der Waals surface area contributed by atoms with Crippen LogP contribution in [-0.4, -0.2) is 5.16 Å². The SMILES string of the molecule is Nc1cccc(-c2noc3ccc(F)cc23)c1. The van der Waals surface area contributed by atoms with Crippen LogP contribution in [0.5, 0.6) is 0 Å². The molecule has 2 aromatic carbocycles. The zero-order chi connectivity index (χ0) is 11.8. The highest BCUT2D eigenvalue weighted by molar-refractivity contribution is 5.91. The number of aromatic nitrogens is 1. The number of nitrogens with two attached hydrogens (primary N) is 1. The van der Waals surface area contributed by atoms with Crippen LogP contribution in [0.1, 0.15) is 0 Å². The van der Waals surface area contributed by atoms with E-state index >= 15 is 0 Å². The van der Waals surface area contributed by atoms with Gasteiger partial charge in [-0.1, -0.05) is 17.3 Å². The molecule has 0 amide bonds. The molecule has 0 aliphatic heterocycles. The van der Waals surface area contributed by atoms with Crippen molar-refractivity contribution >= 4 is 16.7 Å². The summed E-state index contributed by atoms with van der Waals surface area (Å²) in [6.07, 6.45) is 0. The van der Waals surface area contributed by atoms with E-state index in [2.05, 4.69) is 5.16 Å². The Bertz CT molecular complexity index is 691. The Morgan fingerprint density at radius 3 is 2.82 bits per heavy atom. The van der Waals surface area contributed by atoms with Gasteiger partial charge in [-0.05, 0) is 30.3 Å². The van der Waals surface area contributed by atoms with Crippen LogP contribution in [0, 0.1) is 5.82 Å². The second-order valence-corrected chi connectivity index (χ2v) is 3.80. The van der Waals surface area contributed by atoms with Gasteiger partial charge in [0, 0.05) is 11.3 Å². The largest absolute Gasteiger partial charge is 0.399 e. The Labute approximate surface area is 96.6 Å². The molecule has 4 heteroatoms. The molecule has 3 nitrogen and oxygen atoms in total. The fourth-order valence-electron chi connectivity index (χ4n) is 1.81. The van der Waals surface area contributed by atoms with Crippen LogP contribution in [-0.2, 0) is 0 Å². The summed E-state index contributed by atoms with van der Waals surface area (Å²) < 4.78 is 18.3. The molecule has 0 atom stereocenters. The maximum Gasteiger partial charge on any atom is 0.167 e. The molecule has 0 bridgehead atoms. The quantitative estimate of drug-likeness (QED) is 0.650. The molecule has 1 heterocycles. The van der Waals surface area contributed by atoms with E-state index < -0.39 is 0 Å². The number of nitrogen functional groups attached to an aromatic ring is 1. The predicted molar refractivity (Wildman–Crippen MR) is 63.8 cm³/mol. The predicted octanol–water partition coefficient (Wildman–Crippen LogP) is 3.22. The van der Waals surface area contributed by atoms with E-state index in [1.54, 1.807) is 18.2 Å². The molecule has 0 spiro atoms. The maximum absolute atomic E-state index is 13.2. The van der Waals surface area contributed by atoms with Gasteiger partial charge in [0.25, 0.3) is 0 Å². The van der Waals surface area contributed by atoms with Crippen molar-refractivity contribution < 1.29 is 8.91 Å². The van der Waals surface area contributed by atoms with E-state index in [9.17, 15) is 4.39 Å². The molecule has 2 N–H and O–H groups in total.